The molecule has 1 atom stereocenters. The number of ether oxygens (including phenoxy) is 1. The summed E-state index contributed by atoms with van der Waals surface area (Å²) in [6.45, 7) is 0.319. The monoisotopic (exact) mass is 288 g/mol. The van der Waals surface area contributed by atoms with Crippen LogP contribution in [0, 0.1) is 0 Å². The molecule has 1 N–H and O–H groups in total. The molecule has 108 valence electrons. The average molecular weight is 288 g/mol. The number of alkyl halides is 3. The number of hydrogen-bond donors (Lipinski definition) is 1. The Kier molecular flexibility index (Phi) is 3.82. The van der Waals surface area contributed by atoms with Crippen molar-refractivity contribution in [3.8, 4) is 5.75 Å². The van der Waals surface area contributed by atoms with Crippen LogP contribution in [0.3, 0.4) is 0 Å². The molecule has 1 unspecified atom stereocenters. The molecule has 1 aromatic carbocycles. The molecule has 1 heterocycles. The summed E-state index contributed by atoms with van der Waals surface area (Å²) < 4.78 is 40.2. The van der Waals surface area contributed by atoms with Crippen LogP contribution in [0.4, 0.5) is 18.9 Å². The highest BCUT2D eigenvalue weighted by Crippen LogP contribution is 2.28. The van der Waals surface area contributed by atoms with Crippen LogP contribution in [0.15, 0.2) is 24.3 Å². The van der Waals surface area contributed by atoms with Crippen molar-refractivity contribution in [2.45, 2.75) is 18.8 Å². The van der Waals surface area contributed by atoms with Gasteiger partial charge in [-0.05, 0) is 18.6 Å². The lowest BCUT2D eigenvalue weighted by Gasteiger charge is -2.18. The molecule has 2 amide bonds. The van der Waals surface area contributed by atoms with Gasteiger partial charge in [0.05, 0.1) is 0 Å². The zero-order valence-corrected chi connectivity index (χ0v) is 10.2. The molecule has 1 saturated heterocycles. The second-order valence-corrected chi connectivity index (χ2v) is 4.16. The Balaban J connectivity index is 2.16. The fourth-order valence-electron chi connectivity index (χ4n) is 2.02. The van der Waals surface area contributed by atoms with Crippen LogP contribution in [-0.4, -0.2) is 31.3 Å². The summed E-state index contributed by atoms with van der Waals surface area (Å²) >= 11 is 0. The van der Waals surface area contributed by atoms with E-state index in [1.54, 1.807) is 0 Å². The normalized spacial score (nSPS) is 19.1. The fourth-order valence-corrected chi connectivity index (χ4v) is 2.02. The number of amides is 2. The molecule has 20 heavy (non-hydrogen) atoms. The molecule has 1 aliphatic heterocycles. The molecule has 0 aliphatic carbocycles. The van der Waals surface area contributed by atoms with Crippen LogP contribution in [0.25, 0.3) is 0 Å². The predicted octanol–water partition coefficient (Wildman–Crippen LogP) is 1.44. The second kappa shape index (κ2) is 5.40. The van der Waals surface area contributed by atoms with Gasteiger partial charge in [-0.1, -0.05) is 6.07 Å². The van der Waals surface area contributed by atoms with E-state index in [-0.39, 0.29) is 5.91 Å². The van der Waals surface area contributed by atoms with E-state index in [9.17, 15) is 22.8 Å². The van der Waals surface area contributed by atoms with E-state index < -0.39 is 18.2 Å². The molecule has 5 nitrogen and oxygen atoms in total. The minimum Gasteiger partial charge on any atom is -0.406 e. The summed E-state index contributed by atoms with van der Waals surface area (Å²) in [5.74, 6) is -0.754. The Morgan fingerprint density at radius 1 is 1.40 bits per heavy atom. The maximum Gasteiger partial charge on any atom is 0.573 e. The van der Waals surface area contributed by atoms with Crippen molar-refractivity contribution < 1.29 is 27.5 Å². The average Bonchev–Trinajstić information content (AvgIpc) is 2.70. The quantitative estimate of drug-likeness (QED) is 0.853. The maximum absolute atomic E-state index is 12.1. The van der Waals surface area contributed by atoms with Crippen molar-refractivity contribution in [1.29, 1.82) is 0 Å². The number of halogens is 3. The van der Waals surface area contributed by atoms with Gasteiger partial charge in [-0.3, -0.25) is 9.59 Å². The number of anilines is 1. The van der Waals surface area contributed by atoms with Gasteiger partial charge in [0, 0.05) is 18.3 Å². The molecule has 0 bridgehead atoms. The first-order valence-corrected chi connectivity index (χ1v) is 5.77. The van der Waals surface area contributed by atoms with Crippen molar-refractivity contribution in [3.05, 3.63) is 24.3 Å². The summed E-state index contributed by atoms with van der Waals surface area (Å²) in [5, 5.41) is 2.36. The highest BCUT2D eigenvalue weighted by molar-refractivity contribution is 6.00. The summed E-state index contributed by atoms with van der Waals surface area (Å²) in [5.41, 5.74) is 0.298. The minimum absolute atomic E-state index is 0.298. The smallest absolute Gasteiger partial charge is 0.406 e. The molecule has 1 aliphatic rings. The third-order valence-corrected chi connectivity index (χ3v) is 2.84. The van der Waals surface area contributed by atoms with Crippen LogP contribution in [0.2, 0.25) is 0 Å². The zero-order chi connectivity index (χ0) is 14.8. The Morgan fingerprint density at radius 2 is 2.15 bits per heavy atom. The van der Waals surface area contributed by atoms with Crippen molar-refractivity contribution in [1.82, 2.24) is 5.32 Å². The van der Waals surface area contributed by atoms with E-state index in [1.165, 1.54) is 17.0 Å². The van der Waals surface area contributed by atoms with Crippen LogP contribution in [0.1, 0.15) is 6.42 Å². The van der Waals surface area contributed by atoms with Crippen molar-refractivity contribution >= 4 is 18.0 Å². The van der Waals surface area contributed by atoms with Crippen LogP contribution in [0.5, 0.6) is 5.75 Å². The van der Waals surface area contributed by atoms with E-state index in [0.29, 0.717) is 25.1 Å². The molecule has 1 aromatic rings. The van der Waals surface area contributed by atoms with E-state index in [1.807, 2.05) is 0 Å². The van der Waals surface area contributed by atoms with Gasteiger partial charge in [0.25, 0.3) is 0 Å². The van der Waals surface area contributed by atoms with Crippen LogP contribution < -0.4 is 15.0 Å². The molecule has 0 aromatic heterocycles. The Labute approximate surface area is 112 Å². The van der Waals surface area contributed by atoms with Gasteiger partial charge in [-0.25, -0.2) is 0 Å². The summed E-state index contributed by atoms with van der Waals surface area (Å²) in [6, 6.07) is 4.52. The van der Waals surface area contributed by atoms with E-state index in [4.69, 9.17) is 0 Å². The molecule has 1 fully saturated rings. The predicted molar refractivity (Wildman–Crippen MR) is 63.1 cm³/mol. The van der Waals surface area contributed by atoms with E-state index in [2.05, 4.69) is 10.1 Å². The maximum atomic E-state index is 12.1. The first kappa shape index (κ1) is 14.2. The second-order valence-electron chi connectivity index (χ2n) is 4.16. The molecule has 2 rings (SSSR count). The fraction of sp³-hybridized carbons (Fsp3) is 0.333. The summed E-state index contributed by atoms with van der Waals surface area (Å²) in [6.07, 6.45) is -3.95. The largest absolute Gasteiger partial charge is 0.573 e. The Morgan fingerprint density at radius 3 is 2.80 bits per heavy atom. The summed E-state index contributed by atoms with van der Waals surface area (Å²) in [7, 11) is 0. The van der Waals surface area contributed by atoms with E-state index >= 15 is 0 Å². The standard InChI is InChI=1S/C12H11F3N2O3/c13-12(14,15)20-9-3-1-2-8(6-9)17-5-4-10(11(17)19)16-7-18/h1-3,6-7,10H,4-5H2,(H,16,18). The van der Waals surface area contributed by atoms with Gasteiger partial charge < -0.3 is 15.0 Å². The molecular weight excluding hydrogens is 277 g/mol. The minimum atomic E-state index is -4.78. The molecule has 0 saturated carbocycles. The highest BCUT2D eigenvalue weighted by Gasteiger charge is 2.34. The summed E-state index contributed by atoms with van der Waals surface area (Å²) in [4.78, 5) is 23.6. The first-order valence-electron chi connectivity index (χ1n) is 5.77. The number of rotatable bonds is 4. The third-order valence-electron chi connectivity index (χ3n) is 2.84. The lowest BCUT2D eigenvalue weighted by Crippen LogP contribution is -2.37. The van der Waals surface area contributed by atoms with Crippen molar-refractivity contribution in [2.75, 3.05) is 11.4 Å². The molecule has 0 radical (unpaired) electrons. The number of carbonyl (C=O) groups is 2. The Hall–Kier alpha value is -2.25. The number of hydrogen-bond acceptors (Lipinski definition) is 3. The Bertz CT molecular complexity index is 519. The van der Waals surface area contributed by atoms with Gasteiger partial charge in [0.1, 0.15) is 11.8 Å². The van der Waals surface area contributed by atoms with Gasteiger partial charge in [0.15, 0.2) is 0 Å². The topological polar surface area (TPSA) is 58.6 Å². The van der Waals surface area contributed by atoms with Gasteiger partial charge in [-0.2, -0.15) is 0 Å². The third kappa shape index (κ3) is 3.19. The van der Waals surface area contributed by atoms with Crippen LogP contribution >= 0.6 is 0 Å². The first-order chi connectivity index (χ1) is 9.40. The molecular formula is C12H11F3N2O3. The van der Waals surface area contributed by atoms with Gasteiger partial charge in [-0.15, -0.1) is 13.2 Å². The molecule has 8 heteroatoms. The SMILES string of the molecule is O=CNC1CCN(c2cccc(OC(F)(F)F)c2)C1=O. The highest BCUT2D eigenvalue weighted by atomic mass is 19.4. The van der Waals surface area contributed by atoms with Gasteiger partial charge in [0.2, 0.25) is 12.3 Å². The van der Waals surface area contributed by atoms with Crippen LogP contribution in [-0.2, 0) is 9.59 Å². The lowest BCUT2D eigenvalue weighted by atomic mass is 10.2. The van der Waals surface area contributed by atoms with Gasteiger partial charge >= 0.3 is 6.36 Å². The van der Waals surface area contributed by atoms with Crippen molar-refractivity contribution in [3.63, 3.8) is 0 Å². The number of nitrogens with zero attached hydrogens (tertiary/aromatic N) is 1. The van der Waals surface area contributed by atoms with E-state index in [0.717, 1.165) is 12.1 Å². The molecule has 0 spiro atoms. The number of nitrogens with one attached hydrogen (secondary N) is 1. The zero-order valence-electron chi connectivity index (χ0n) is 10.2. The lowest BCUT2D eigenvalue weighted by molar-refractivity contribution is -0.274. The van der Waals surface area contributed by atoms with Crippen molar-refractivity contribution in [2.24, 2.45) is 0 Å². The number of carbonyl (C=O) groups excluding carboxylic acids is 2. The number of benzene rings is 1.